The first-order valence-electron chi connectivity index (χ1n) is 16.3. The van der Waals surface area contributed by atoms with E-state index in [1.807, 2.05) is 0 Å². The molecule has 0 bridgehead atoms. The fraction of sp³-hybridized carbons (Fsp3) is 0.818. The summed E-state index contributed by atoms with van der Waals surface area (Å²) < 4.78 is 16.4. The van der Waals surface area contributed by atoms with Gasteiger partial charge in [0.1, 0.15) is 34.9 Å². The summed E-state index contributed by atoms with van der Waals surface area (Å²) in [5.74, 6) is 0.580. The number of hydrogen-bond acceptors (Lipinski definition) is 13. The molecule has 3 amide bonds. The summed E-state index contributed by atoms with van der Waals surface area (Å²) in [6, 6.07) is -2.34. The molecule has 3 atom stereocenters. The van der Waals surface area contributed by atoms with Gasteiger partial charge in [-0.05, 0) is 62.3 Å². The molecule has 0 aromatic carbocycles. The second kappa shape index (κ2) is 22.6. The average Bonchev–Trinajstić information content (AvgIpc) is 2.89. The summed E-state index contributed by atoms with van der Waals surface area (Å²) >= 11 is 4.55. The van der Waals surface area contributed by atoms with Gasteiger partial charge in [-0.3, -0.25) is 14.4 Å². The van der Waals surface area contributed by atoms with Crippen LogP contribution >= 0.6 is 35.3 Å². The first kappa shape index (κ1) is 46.8. The lowest BCUT2D eigenvalue weighted by Gasteiger charge is -2.26. The number of carbonyl (C=O) groups excluding carboxylic acids is 6. The van der Waals surface area contributed by atoms with Crippen molar-refractivity contribution >= 4 is 70.9 Å². The minimum absolute atomic E-state index is 0.319. The van der Waals surface area contributed by atoms with E-state index in [0.29, 0.717) is 54.2 Å². The van der Waals surface area contributed by atoms with Gasteiger partial charge in [0.05, 0.1) is 0 Å². The predicted molar refractivity (Wildman–Crippen MR) is 199 cm³/mol. The highest BCUT2D eigenvalue weighted by Crippen LogP contribution is 2.16. The number of nitrogens with zero attached hydrogens (tertiary/aromatic N) is 1. The maximum Gasteiger partial charge on any atom is 0.330 e. The normalized spacial score (nSPS) is 13.9. The van der Waals surface area contributed by atoms with Crippen LogP contribution in [0.1, 0.15) is 83.1 Å². The number of ether oxygens (including phenoxy) is 3. The SMILES string of the molecule is CC(=O)N[C@@H](CS[13CH2][13CH2]N([13CH2][13CH2]SC[C@H](NC(C)=O)C(=O)OC(C)(C)C)[13CH2][13CH2]SC[C@H](NC(C)=O)C(=O)OC(C)(C)C)C(=O)OC(C)(C)C. The first-order chi connectivity index (χ1) is 22.4. The van der Waals surface area contributed by atoms with E-state index in [1.54, 1.807) is 62.3 Å². The summed E-state index contributed by atoms with van der Waals surface area (Å²) in [7, 11) is 0. The van der Waals surface area contributed by atoms with Gasteiger partial charge in [-0.1, -0.05) is 0 Å². The second-order valence-corrected chi connectivity index (χ2v) is 17.9. The van der Waals surface area contributed by atoms with Crippen molar-refractivity contribution in [3.63, 3.8) is 0 Å². The summed E-state index contributed by atoms with van der Waals surface area (Å²) in [6.07, 6.45) is 0. The molecular formula is C33H60N4O9S3. The van der Waals surface area contributed by atoms with Crippen molar-refractivity contribution in [3.8, 4) is 0 Å². The molecule has 16 heteroatoms. The maximum atomic E-state index is 12.7. The Balaban J connectivity index is 5.43. The molecule has 0 unspecified atom stereocenters. The van der Waals surface area contributed by atoms with Crippen molar-refractivity contribution in [1.29, 1.82) is 0 Å². The molecule has 0 aliphatic rings. The molecule has 0 aliphatic heterocycles. The van der Waals surface area contributed by atoms with Gasteiger partial charge in [0.25, 0.3) is 0 Å². The van der Waals surface area contributed by atoms with Crippen LogP contribution in [0.5, 0.6) is 0 Å². The van der Waals surface area contributed by atoms with E-state index < -0.39 is 52.8 Å². The van der Waals surface area contributed by atoms with E-state index in [0.717, 1.165) is 0 Å². The van der Waals surface area contributed by atoms with E-state index in [-0.39, 0.29) is 17.7 Å². The number of amides is 3. The molecule has 0 saturated carbocycles. The van der Waals surface area contributed by atoms with Crippen LogP contribution in [-0.4, -0.2) is 130 Å². The first-order valence-corrected chi connectivity index (χ1v) is 19.8. The molecule has 0 radical (unpaired) electrons. The van der Waals surface area contributed by atoms with Gasteiger partial charge in [-0.25, -0.2) is 14.4 Å². The minimum atomic E-state index is -0.779. The molecule has 0 aliphatic carbocycles. The fourth-order valence-electron chi connectivity index (χ4n) is 3.88. The van der Waals surface area contributed by atoms with E-state index in [1.165, 1.54) is 56.1 Å². The number of nitrogens with one attached hydrogen (secondary N) is 3. The molecule has 0 heterocycles. The summed E-state index contributed by atoms with van der Waals surface area (Å²) in [5.41, 5.74) is -2.06. The number of thioether (sulfide) groups is 3. The van der Waals surface area contributed by atoms with Crippen LogP contribution in [-0.2, 0) is 43.0 Å². The van der Waals surface area contributed by atoms with Gasteiger partial charge in [0.2, 0.25) is 17.7 Å². The van der Waals surface area contributed by atoms with Gasteiger partial charge in [-0.2, -0.15) is 35.3 Å². The van der Waals surface area contributed by atoms with Crippen LogP contribution in [0.2, 0.25) is 0 Å². The Bertz CT molecular complexity index is 956. The fourth-order valence-corrected chi connectivity index (χ4v) is 6.91. The zero-order valence-electron chi connectivity index (χ0n) is 31.4. The average molecular weight is 759 g/mol. The van der Waals surface area contributed by atoms with E-state index in [2.05, 4.69) is 20.9 Å². The smallest absolute Gasteiger partial charge is 0.330 e. The van der Waals surface area contributed by atoms with Gasteiger partial charge in [0, 0.05) is 74.9 Å². The van der Waals surface area contributed by atoms with Crippen LogP contribution in [0, 0.1) is 0 Å². The molecule has 49 heavy (non-hydrogen) atoms. The molecular weight excluding hydrogens is 699 g/mol. The third kappa shape index (κ3) is 26.3. The maximum absolute atomic E-state index is 12.7. The Morgan fingerprint density at radius 1 is 0.490 bits per heavy atom. The van der Waals surface area contributed by atoms with Crippen molar-refractivity contribution in [2.75, 3.05) is 54.2 Å². The Morgan fingerprint density at radius 3 is 0.898 bits per heavy atom. The molecule has 0 aromatic heterocycles. The summed E-state index contributed by atoms with van der Waals surface area (Å²) in [5, 5.41) is 8.04. The van der Waals surface area contributed by atoms with Crippen molar-refractivity contribution in [3.05, 3.63) is 0 Å². The van der Waals surface area contributed by atoms with Gasteiger partial charge < -0.3 is 35.1 Å². The van der Waals surface area contributed by atoms with Crippen LogP contribution in [0.4, 0.5) is 0 Å². The molecule has 3 N–H and O–H groups in total. The van der Waals surface area contributed by atoms with E-state index in [9.17, 15) is 28.8 Å². The van der Waals surface area contributed by atoms with Gasteiger partial charge in [-0.15, -0.1) is 0 Å². The minimum Gasteiger partial charge on any atom is -0.458 e. The lowest BCUT2D eigenvalue weighted by Crippen LogP contribution is -2.45. The Kier molecular flexibility index (Phi) is 21.6. The largest absolute Gasteiger partial charge is 0.458 e. The number of rotatable bonds is 21. The number of hydrogen-bond donors (Lipinski definition) is 3. The lowest BCUT2D eigenvalue weighted by molar-refractivity contribution is -0.158. The molecule has 13 nitrogen and oxygen atoms in total. The zero-order valence-corrected chi connectivity index (χ0v) is 33.9. The van der Waals surface area contributed by atoms with Gasteiger partial charge in [0.15, 0.2) is 0 Å². The predicted octanol–water partition coefficient (Wildman–Crippen LogP) is 3.03. The summed E-state index contributed by atoms with van der Waals surface area (Å²) in [4.78, 5) is 75.5. The Hall–Kier alpha value is -2.17. The van der Waals surface area contributed by atoms with Crippen LogP contribution in [0.3, 0.4) is 0 Å². The highest BCUT2D eigenvalue weighted by Gasteiger charge is 2.28. The third-order valence-corrected chi connectivity index (χ3v) is 8.84. The van der Waals surface area contributed by atoms with Gasteiger partial charge >= 0.3 is 17.9 Å². The lowest BCUT2D eigenvalue weighted by atomic mass is 10.2. The van der Waals surface area contributed by atoms with E-state index in [4.69, 9.17) is 14.2 Å². The number of carbonyl (C=O) groups is 6. The van der Waals surface area contributed by atoms with Crippen molar-refractivity contribution in [2.24, 2.45) is 0 Å². The van der Waals surface area contributed by atoms with Crippen molar-refractivity contribution in [2.45, 2.75) is 118 Å². The molecule has 0 fully saturated rings. The summed E-state index contributed by atoms with van der Waals surface area (Å²) in [6.45, 7) is 22.0. The monoisotopic (exact) mass is 758 g/mol. The van der Waals surface area contributed by atoms with Crippen molar-refractivity contribution in [1.82, 2.24) is 20.9 Å². The molecule has 0 spiro atoms. The topological polar surface area (TPSA) is 169 Å². The third-order valence-electron chi connectivity index (χ3n) is 5.72. The molecule has 284 valence electrons. The molecule has 0 rings (SSSR count). The van der Waals surface area contributed by atoms with E-state index >= 15 is 0 Å². The van der Waals surface area contributed by atoms with Crippen LogP contribution in [0.15, 0.2) is 0 Å². The highest BCUT2D eigenvalue weighted by atomic mass is 32.2. The molecule has 0 aromatic rings. The number of esters is 3. The van der Waals surface area contributed by atoms with Crippen LogP contribution < -0.4 is 16.0 Å². The second-order valence-electron chi connectivity index (χ2n) is 14.4. The zero-order chi connectivity index (χ0) is 38.0. The quantitative estimate of drug-likeness (QED) is 0.0677. The molecule has 0 saturated heterocycles. The van der Waals surface area contributed by atoms with Crippen LogP contribution in [0.25, 0.3) is 0 Å². The Labute approximate surface area is 306 Å². The standard InChI is InChI=1S/C33H60N4O9S3/c1-22(38)34-25(28(41)44-31(4,5)6)19-47-16-13-37(14-17-48-20-26(35-23(2)39)29(42)45-32(7,8)9)15-18-49-21-27(36-24(3)40)30(43)46-33(10,11)12/h25-27H,13-21H2,1-12H3,(H,34,38)(H,35,39)(H,36,40)/t25-,26-,27-/m0/s1/i13+1,14+1,15+1,16+1,17+1,18+1. The highest BCUT2D eigenvalue weighted by molar-refractivity contribution is 7.99. The van der Waals surface area contributed by atoms with Crippen molar-refractivity contribution < 1.29 is 43.0 Å². The Morgan fingerprint density at radius 2 is 0.714 bits per heavy atom.